The fraction of sp³-hybridized carbons (Fsp3) is 0.571. The van der Waals surface area contributed by atoms with Gasteiger partial charge in [0.2, 0.25) is 0 Å². The number of halogens is 1. The smallest absolute Gasteiger partial charge is 0.0472 e. The van der Waals surface area contributed by atoms with Crippen molar-refractivity contribution in [2.75, 3.05) is 19.8 Å². The molecule has 0 saturated heterocycles. The standard InChI is InChI=1S/C14H22ClNO/c1-2-3-8-17-9-7-13(11-16)12-5-4-6-14(15)10-12/h4-6,10,13H,2-3,7-9,11,16H2,1H3. The molecule has 1 aromatic carbocycles. The van der Waals surface area contributed by atoms with E-state index in [1.54, 1.807) is 0 Å². The van der Waals surface area contributed by atoms with Gasteiger partial charge in [-0.05, 0) is 43.0 Å². The minimum absolute atomic E-state index is 0.343. The third kappa shape index (κ3) is 5.53. The highest BCUT2D eigenvalue weighted by Gasteiger charge is 2.09. The highest BCUT2D eigenvalue weighted by Crippen LogP contribution is 2.21. The molecule has 0 aliphatic carbocycles. The van der Waals surface area contributed by atoms with E-state index < -0.39 is 0 Å². The van der Waals surface area contributed by atoms with E-state index in [4.69, 9.17) is 22.1 Å². The van der Waals surface area contributed by atoms with Gasteiger partial charge < -0.3 is 10.5 Å². The van der Waals surface area contributed by atoms with Crippen molar-refractivity contribution in [3.63, 3.8) is 0 Å². The van der Waals surface area contributed by atoms with Gasteiger partial charge in [-0.15, -0.1) is 0 Å². The van der Waals surface area contributed by atoms with Crippen molar-refractivity contribution < 1.29 is 4.74 Å². The predicted molar refractivity (Wildman–Crippen MR) is 73.6 cm³/mol. The third-order valence-electron chi connectivity index (χ3n) is 2.86. The van der Waals surface area contributed by atoms with Gasteiger partial charge in [0.1, 0.15) is 0 Å². The van der Waals surface area contributed by atoms with Crippen LogP contribution in [0.2, 0.25) is 5.02 Å². The predicted octanol–water partition coefficient (Wildman–Crippen LogP) is 3.59. The first-order valence-corrected chi connectivity index (χ1v) is 6.69. The van der Waals surface area contributed by atoms with Crippen molar-refractivity contribution in [3.8, 4) is 0 Å². The summed E-state index contributed by atoms with van der Waals surface area (Å²) >= 11 is 5.98. The SMILES string of the molecule is CCCCOCCC(CN)c1cccc(Cl)c1. The molecule has 17 heavy (non-hydrogen) atoms. The number of ether oxygens (including phenoxy) is 1. The monoisotopic (exact) mass is 255 g/mol. The number of hydrogen-bond acceptors (Lipinski definition) is 2. The van der Waals surface area contributed by atoms with Crippen LogP contribution in [0.25, 0.3) is 0 Å². The van der Waals surface area contributed by atoms with Gasteiger partial charge in [0, 0.05) is 18.2 Å². The Balaban J connectivity index is 2.38. The van der Waals surface area contributed by atoms with Gasteiger partial charge in [-0.25, -0.2) is 0 Å². The number of nitrogens with two attached hydrogens (primary N) is 1. The van der Waals surface area contributed by atoms with E-state index in [2.05, 4.69) is 13.0 Å². The van der Waals surface area contributed by atoms with Crippen LogP contribution in [-0.4, -0.2) is 19.8 Å². The number of rotatable bonds is 8. The molecule has 96 valence electrons. The Hall–Kier alpha value is -0.570. The van der Waals surface area contributed by atoms with Crippen LogP contribution in [-0.2, 0) is 4.74 Å². The fourth-order valence-electron chi connectivity index (χ4n) is 1.76. The lowest BCUT2D eigenvalue weighted by atomic mass is 9.96. The second-order valence-corrected chi connectivity index (χ2v) is 4.68. The van der Waals surface area contributed by atoms with Gasteiger partial charge in [-0.1, -0.05) is 37.1 Å². The normalized spacial score (nSPS) is 12.6. The molecule has 0 aromatic heterocycles. The molecule has 0 bridgehead atoms. The topological polar surface area (TPSA) is 35.2 Å². The molecule has 0 aliphatic rings. The molecule has 0 amide bonds. The zero-order chi connectivity index (χ0) is 12.5. The molecule has 1 aromatic rings. The molecule has 1 rings (SSSR count). The van der Waals surface area contributed by atoms with E-state index in [0.717, 1.165) is 31.1 Å². The molecule has 0 radical (unpaired) electrons. The molecule has 0 aliphatic heterocycles. The van der Waals surface area contributed by atoms with E-state index in [9.17, 15) is 0 Å². The lowest BCUT2D eigenvalue weighted by Gasteiger charge is -2.15. The Morgan fingerprint density at radius 3 is 2.82 bits per heavy atom. The second-order valence-electron chi connectivity index (χ2n) is 4.24. The van der Waals surface area contributed by atoms with Crippen LogP contribution >= 0.6 is 11.6 Å². The fourth-order valence-corrected chi connectivity index (χ4v) is 1.95. The first kappa shape index (κ1) is 14.5. The van der Waals surface area contributed by atoms with Crippen molar-refractivity contribution >= 4 is 11.6 Å². The molecule has 0 heterocycles. The lowest BCUT2D eigenvalue weighted by molar-refractivity contribution is 0.124. The van der Waals surface area contributed by atoms with Gasteiger partial charge in [-0.2, -0.15) is 0 Å². The summed E-state index contributed by atoms with van der Waals surface area (Å²) in [5, 5.41) is 0.771. The first-order valence-electron chi connectivity index (χ1n) is 6.31. The lowest BCUT2D eigenvalue weighted by Crippen LogP contribution is -2.15. The van der Waals surface area contributed by atoms with Crippen molar-refractivity contribution in [1.29, 1.82) is 0 Å². The zero-order valence-electron chi connectivity index (χ0n) is 10.5. The quantitative estimate of drug-likeness (QED) is 0.721. The van der Waals surface area contributed by atoms with Crippen LogP contribution in [0.1, 0.15) is 37.7 Å². The Morgan fingerprint density at radius 1 is 1.35 bits per heavy atom. The molecular weight excluding hydrogens is 234 g/mol. The number of hydrogen-bond donors (Lipinski definition) is 1. The van der Waals surface area contributed by atoms with Crippen LogP contribution in [0.4, 0.5) is 0 Å². The maximum Gasteiger partial charge on any atom is 0.0472 e. The van der Waals surface area contributed by atoms with Crippen molar-refractivity contribution in [3.05, 3.63) is 34.9 Å². The summed E-state index contributed by atoms with van der Waals surface area (Å²) in [5.74, 6) is 0.343. The van der Waals surface area contributed by atoms with Crippen molar-refractivity contribution in [2.24, 2.45) is 5.73 Å². The average Bonchev–Trinajstić information content (AvgIpc) is 2.34. The molecule has 1 unspecified atom stereocenters. The molecule has 1 atom stereocenters. The van der Waals surface area contributed by atoms with Crippen LogP contribution in [0.3, 0.4) is 0 Å². The van der Waals surface area contributed by atoms with Crippen LogP contribution in [0.5, 0.6) is 0 Å². The molecule has 0 fully saturated rings. The van der Waals surface area contributed by atoms with Crippen molar-refractivity contribution in [2.45, 2.75) is 32.1 Å². The number of unbranched alkanes of at least 4 members (excludes halogenated alkanes) is 1. The van der Waals surface area contributed by atoms with E-state index in [-0.39, 0.29) is 0 Å². The minimum atomic E-state index is 0.343. The van der Waals surface area contributed by atoms with Gasteiger partial charge in [0.25, 0.3) is 0 Å². The van der Waals surface area contributed by atoms with Gasteiger partial charge in [0.05, 0.1) is 0 Å². The zero-order valence-corrected chi connectivity index (χ0v) is 11.2. The van der Waals surface area contributed by atoms with Gasteiger partial charge in [-0.3, -0.25) is 0 Å². The molecule has 2 N–H and O–H groups in total. The third-order valence-corrected chi connectivity index (χ3v) is 3.09. The number of benzene rings is 1. The van der Waals surface area contributed by atoms with E-state index in [1.165, 1.54) is 12.0 Å². The van der Waals surface area contributed by atoms with E-state index in [1.807, 2.05) is 18.2 Å². The van der Waals surface area contributed by atoms with Gasteiger partial charge in [0.15, 0.2) is 0 Å². The summed E-state index contributed by atoms with van der Waals surface area (Å²) in [5.41, 5.74) is 7.00. The minimum Gasteiger partial charge on any atom is -0.381 e. The Labute approximate surface area is 109 Å². The summed E-state index contributed by atoms with van der Waals surface area (Å²) in [6, 6.07) is 7.93. The summed E-state index contributed by atoms with van der Waals surface area (Å²) < 4.78 is 5.57. The Kier molecular flexibility index (Phi) is 7.25. The molecule has 0 saturated carbocycles. The largest absolute Gasteiger partial charge is 0.381 e. The summed E-state index contributed by atoms with van der Waals surface area (Å²) in [7, 11) is 0. The Bertz CT molecular complexity index is 317. The second kappa shape index (κ2) is 8.51. The summed E-state index contributed by atoms with van der Waals surface area (Å²) in [4.78, 5) is 0. The van der Waals surface area contributed by atoms with Crippen LogP contribution in [0.15, 0.2) is 24.3 Å². The molecular formula is C14H22ClNO. The summed E-state index contributed by atoms with van der Waals surface area (Å²) in [6.45, 7) is 4.42. The average molecular weight is 256 g/mol. The van der Waals surface area contributed by atoms with Gasteiger partial charge >= 0.3 is 0 Å². The van der Waals surface area contributed by atoms with E-state index >= 15 is 0 Å². The maximum atomic E-state index is 5.98. The maximum absolute atomic E-state index is 5.98. The van der Waals surface area contributed by atoms with Crippen molar-refractivity contribution in [1.82, 2.24) is 0 Å². The summed E-state index contributed by atoms with van der Waals surface area (Å²) in [6.07, 6.45) is 3.26. The molecule has 2 nitrogen and oxygen atoms in total. The molecule has 3 heteroatoms. The van der Waals surface area contributed by atoms with Crippen LogP contribution in [0, 0.1) is 0 Å². The highest BCUT2D eigenvalue weighted by atomic mass is 35.5. The first-order chi connectivity index (χ1) is 8.27. The van der Waals surface area contributed by atoms with E-state index in [0.29, 0.717) is 12.5 Å². The Morgan fingerprint density at radius 2 is 2.18 bits per heavy atom. The van der Waals surface area contributed by atoms with Crippen LogP contribution < -0.4 is 5.73 Å². The highest BCUT2D eigenvalue weighted by molar-refractivity contribution is 6.30. The molecule has 0 spiro atoms.